The van der Waals surface area contributed by atoms with Crippen molar-refractivity contribution in [3.05, 3.63) is 34.9 Å². The van der Waals surface area contributed by atoms with Crippen LogP contribution in [-0.4, -0.2) is 42.1 Å². The molecule has 1 N–H and O–H groups in total. The van der Waals surface area contributed by atoms with Crippen molar-refractivity contribution < 1.29 is 19.4 Å². The van der Waals surface area contributed by atoms with E-state index >= 15 is 0 Å². The van der Waals surface area contributed by atoms with Crippen LogP contribution >= 0.6 is 0 Å². The zero-order chi connectivity index (χ0) is 19.2. The average molecular weight is 371 g/mol. The monoisotopic (exact) mass is 371 g/mol. The predicted molar refractivity (Wildman–Crippen MR) is 105 cm³/mol. The third-order valence-corrected chi connectivity index (χ3v) is 5.80. The molecule has 0 radical (unpaired) electrons. The van der Waals surface area contributed by atoms with Crippen LogP contribution in [0, 0.1) is 0 Å². The number of likely N-dealkylation sites (tertiary alicyclic amines) is 1. The summed E-state index contributed by atoms with van der Waals surface area (Å²) in [7, 11) is 1.71. The molecule has 0 spiro atoms. The Morgan fingerprint density at radius 3 is 2.37 bits per heavy atom. The fourth-order valence-electron chi connectivity index (χ4n) is 4.22. The molecule has 1 aliphatic carbocycles. The highest BCUT2D eigenvalue weighted by Gasteiger charge is 2.27. The Balaban J connectivity index is 1.74. The molecule has 1 saturated carbocycles. The van der Waals surface area contributed by atoms with E-state index in [1.54, 1.807) is 7.11 Å². The van der Waals surface area contributed by atoms with E-state index in [-0.39, 0.29) is 0 Å². The van der Waals surface area contributed by atoms with Crippen molar-refractivity contribution >= 4 is 18.0 Å². The van der Waals surface area contributed by atoms with Crippen molar-refractivity contribution in [2.24, 2.45) is 0 Å². The number of carbonyl (C=O) groups excluding carboxylic acids is 1. The van der Waals surface area contributed by atoms with Crippen LogP contribution in [0.3, 0.4) is 0 Å². The Hall–Kier alpha value is -2.30. The van der Waals surface area contributed by atoms with Gasteiger partial charge >= 0.3 is 11.9 Å². The Morgan fingerprint density at radius 1 is 1.11 bits per heavy atom. The first-order valence-corrected chi connectivity index (χ1v) is 9.98. The number of carboxylic acid groups (broad SMARTS) is 1. The maximum atomic E-state index is 11.6. The third-order valence-electron chi connectivity index (χ3n) is 5.80. The fraction of sp³-hybridized carbons (Fsp3) is 0.545. The summed E-state index contributed by atoms with van der Waals surface area (Å²) in [4.78, 5) is 23.9. The van der Waals surface area contributed by atoms with Crippen molar-refractivity contribution in [2.45, 2.75) is 57.3 Å². The molecule has 0 unspecified atom stereocenters. The summed E-state index contributed by atoms with van der Waals surface area (Å²) in [6, 6.07) is 6.36. The number of amides is 1. The predicted octanol–water partition coefficient (Wildman–Crippen LogP) is 4.22. The first kappa shape index (κ1) is 19.5. The van der Waals surface area contributed by atoms with Crippen LogP contribution in [0.1, 0.15) is 68.4 Å². The van der Waals surface area contributed by atoms with Gasteiger partial charge in [0, 0.05) is 18.7 Å². The number of hydrogen-bond donors (Lipinski definition) is 1. The van der Waals surface area contributed by atoms with Crippen LogP contribution in [0.2, 0.25) is 0 Å². The maximum absolute atomic E-state index is 11.6. The molecule has 2 fully saturated rings. The lowest BCUT2D eigenvalue weighted by Crippen LogP contribution is -2.41. The molecule has 146 valence electrons. The number of hydrogen-bond acceptors (Lipinski definition) is 3. The van der Waals surface area contributed by atoms with Crippen molar-refractivity contribution in [2.75, 3.05) is 20.2 Å². The molecule has 3 rings (SSSR count). The summed E-state index contributed by atoms with van der Waals surface area (Å²) in [5.74, 6) is -0.911. The van der Waals surface area contributed by atoms with Gasteiger partial charge < -0.3 is 14.7 Å². The second-order valence-corrected chi connectivity index (χ2v) is 7.59. The van der Waals surface area contributed by atoms with Crippen LogP contribution in [0.15, 0.2) is 23.8 Å². The summed E-state index contributed by atoms with van der Waals surface area (Å²) in [5.41, 5.74) is 3.89. The molecule has 2 aliphatic rings. The summed E-state index contributed by atoms with van der Waals surface area (Å²) >= 11 is 0. The summed E-state index contributed by atoms with van der Waals surface area (Å²) < 4.78 is 5.57. The Morgan fingerprint density at radius 2 is 1.78 bits per heavy atom. The van der Waals surface area contributed by atoms with E-state index in [2.05, 4.69) is 18.2 Å². The lowest BCUT2D eigenvalue weighted by molar-refractivity contribution is -0.156. The van der Waals surface area contributed by atoms with Gasteiger partial charge in [-0.05, 0) is 62.1 Å². The molecule has 1 saturated heterocycles. The number of ether oxygens (including phenoxy) is 1. The second-order valence-electron chi connectivity index (χ2n) is 7.59. The minimum Gasteiger partial charge on any atom is -0.496 e. The van der Waals surface area contributed by atoms with Gasteiger partial charge in [-0.1, -0.05) is 30.6 Å². The molecule has 1 aromatic rings. The van der Waals surface area contributed by atoms with Gasteiger partial charge in [0.05, 0.1) is 7.11 Å². The zero-order valence-electron chi connectivity index (χ0n) is 16.1. The third kappa shape index (κ3) is 4.90. The van der Waals surface area contributed by atoms with E-state index in [9.17, 15) is 9.59 Å². The standard InChI is InChI=1S/C22H29NO4/c1-27-20-9-8-18(15-19(20)14-16-6-4-2-3-5-7-16)17-10-12-23(13-11-17)21(24)22(25)26/h8-9,14-15,17H,2-7,10-13H2,1H3,(H,25,26). The Kier molecular flexibility index (Phi) is 6.54. The minimum atomic E-state index is -1.37. The topological polar surface area (TPSA) is 66.8 Å². The lowest BCUT2D eigenvalue weighted by Gasteiger charge is -2.31. The minimum absolute atomic E-state index is 0.347. The molecule has 1 amide bonds. The highest BCUT2D eigenvalue weighted by Crippen LogP contribution is 2.33. The Bertz CT molecular complexity index is 707. The van der Waals surface area contributed by atoms with E-state index in [0.717, 1.165) is 24.2 Å². The highest BCUT2D eigenvalue weighted by molar-refractivity contribution is 6.31. The van der Waals surface area contributed by atoms with Crippen LogP contribution in [0.25, 0.3) is 6.08 Å². The number of allylic oxidation sites excluding steroid dienone is 1. The molecule has 0 atom stereocenters. The summed E-state index contributed by atoms with van der Waals surface area (Å²) in [5, 5.41) is 8.88. The first-order chi connectivity index (χ1) is 13.1. The summed E-state index contributed by atoms with van der Waals surface area (Å²) in [6.45, 7) is 0.997. The number of carboxylic acids is 1. The maximum Gasteiger partial charge on any atom is 0.394 e. The molecular formula is C22H29NO4. The quantitative estimate of drug-likeness (QED) is 0.638. The van der Waals surface area contributed by atoms with Gasteiger partial charge in [0.25, 0.3) is 0 Å². The SMILES string of the molecule is COc1ccc(C2CCN(C(=O)C(=O)O)CC2)cc1C=C1CCCCCC1. The van der Waals surface area contributed by atoms with E-state index in [0.29, 0.717) is 19.0 Å². The number of carbonyl (C=O) groups is 2. The number of benzene rings is 1. The van der Waals surface area contributed by atoms with E-state index < -0.39 is 11.9 Å². The smallest absolute Gasteiger partial charge is 0.394 e. The molecule has 27 heavy (non-hydrogen) atoms. The highest BCUT2D eigenvalue weighted by atomic mass is 16.5. The number of methoxy groups -OCH3 is 1. The van der Waals surface area contributed by atoms with Gasteiger partial charge in [-0.3, -0.25) is 4.79 Å². The van der Waals surface area contributed by atoms with Crippen molar-refractivity contribution in [3.63, 3.8) is 0 Å². The molecule has 1 aromatic carbocycles. The molecule has 5 heteroatoms. The molecule has 5 nitrogen and oxygen atoms in total. The second kappa shape index (κ2) is 9.07. The van der Waals surface area contributed by atoms with Gasteiger partial charge in [-0.15, -0.1) is 0 Å². The zero-order valence-corrected chi connectivity index (χ0v) is 16.1. The van der Waals surface area contributed by atoms with Crippen LogP contribution < -0.4 is 4.74 Å². The van der Waals surface area contributed by atoms with Crippen molar-refractivity contribution in [3.8, 4) is 5.75 Å². The molecular weight excluding hydrogens is 342 g/mol. The average Bonchev–Trinajstić information content (AvgIpc) is 2.96. The normalized spacial score (nSPS) is 18.7. The van der Waals surface area contributed by atoms with Gasteiger partial charge in [0.15, 0.2) is 0 Å². The van der Waals surface area contributed by atoms with Crippen LogP contribution in [-0.2, 0) is 9.59 Å². The number of piperidine rings is 1. The van der Waals surface area contributed by atoms with Crippen LogP contribution in [0.5, 0.6) is 5.75 Å². The van der Waals surface area contributed by atoms with Gasteiger partial charge in [-0.2, -0.15) is 0 Å². The molecule has 1 heterocycles. The Labute approximate surface area is 161 Å². The molecule has 1 aliphatic heterocycles. The first-order valence-electron chi connectivity index (χ1n) is 9.98. The van der Waals surface area contributed by atoms with Gasteiger partial charge in [0.2, 0.25) is 0 Å². The van der Waals surface area contributed by atoms with Gasteiger partial charge in [-0.25, -0.2) is 4.79 Å². The molecule has 0 aromatic heterocycles. The van der Waals surface area contributed by atoms with E-state index in [4.69, 9.17) is 9.84 Å². The fourth-order valence-corrected chi connectivity index (χ4v) is 4.22. The molecule has 0 bridgehead atoms. The number of nitrogens with zero attached hydrogens (tertiary/aromatic N) is 1. The van der Waals surface area contributed by atoms with E-state index in [1.807, 2.05) is 6.07 Å². The number of rotatable bonds is 3. The van der Waals surface area contributed by atoms with E-state index in [1.165, 1.54) is 54.6 Å². The van der Waals surface area contributed by atoms with Crippen molar-refractivity contribution in [1.29, 1.82) is 0 Å². The van der Waals surface area contributed by atoms with Gasteiger partial charge in [0.1, 0.15) is 5.75 Å². The largest absolute Gasteiger partial charge is 0.496 e. The van der Waals surface area contributed by atoms with Crippen molar-refractivity contribution in [1.82, 2.24) is 4.90 Å². The van der Waals surface area contributed by atoms with Crippen LogP contribution in [0.4, 0.5) is 0 Å². The number of aliphatic carboxylic acids is 1. The summed E-state index contributed by atoms with van der Waals surface area (Å²) in [6.07, 6.45) is 11.4. The lowest BCUT2D eigenvalue weighted by atomic mass is 9.88.